The van der Waals surface area contributed by atoms with Gasteiger partial charge in [0.15, 0.2) is 0 Å². The summed E-state index contributed by atoms with van der Waals surface area (Å²) in [5.74, 6) is -0.409. The van der Waals surface area contributed by atoms with Crippen LogP contribution >= 0.6 is 11.3 Å². The van der Waals surface area contributed by atoms with Gasteiger partial charge in [-0.1, -0.05) is 24.3 Å². The van der Waals surface area contributed by atoms with Crippen molar-refractivity contribution in [3.63, 3.8) is 0 Å². The van der Waals surface area contributed by atoms with E-state index in [1.165, 1.54) is 0 Å². The summed E-state index contributed by atoms with van der Waals surface area (Å²) in [5.41, 5.74) is 3.52. The third-order valence-corrected chi connectivity index (χ3v) is 7.02. The summed E-state index contributed by atoms with van der Waals surface area (Å²) in [5, 5.41) is 8.22. The van der Waals surface area contributed by atoms with Crippen LogP contribution in [-0.2, 0) is 16.6 Å². The molecule has 2 aromatic carbocycles. The highest BCUT2D eigenvalue weighted by Crippen LogP contribution is 2.37. The van der Waals surface area contributed by atoms with Gasteiger partial charge in [0, 0.05) is 43.5 Å². The number of amides is 2. The van der Waals surface area contributed by atoms with Crippen LogP contribution in [0.1, 0.15) is 24.4 Å². The summed E-state index contributed by atoms with van der Waals surface area (Å²) in [6.45, 7) is 0. The van der Waals surface area contributed by atoms with Crippen LogP contribution in [0.3, 0.4) is 0 Å². The second-order valence-corrected chi connectivity index (χ2v) is 9.13. The van der Waals surface area contributed by atoms with Crippen molar-refractivity contribution < 1.29 is 9.59 Å². The van der Waals surface area contributed by atoms with Crippen LogP contribution in [0.15, 0.2) is 60.9 Å². The number of para-hydroxylation sites is 1. The molecule has 1 saturated heterocycles. The molecule has 2 atom stereocenters. The predicted molar refractivity (Wildman–Crippen MR) is 125 cm³/mol. The van der Waals surface area contributed by atoms with Gasteiger partial charge in [0.05, 0.1) is 28.4 Å². The fourth-order valence-electron chi connectivity index (χ4n) is 4.32. The summed E-state index contributed by atoms with van der Waals surface area (Å²) in [6.07, 6.45) is 4.46. The maximum Gasteiger partial charge on any atom is 0.229 e. The Hall–Kier alpha value is -3.52. The Morgan fingerprint density at radius 2 is 2.00 bits per heavy atom. The average Bonchev–Trinajstić information content (AvgIpc) is 3.42. The maximum absolute atomic E-state index is 13.3. The van der Waals surface area contributed by atoms with Gasteiger partial charge in [0.2, 0.25) is 11.8 Å². The first kappa shape index (κ1) is 20.4. The van der Waals surface area contributed by atoms with Crippen LogP contribution in [0.5, 0.6) is 0 Å². The largest absolute Gasteiger partial charge is 0.338 e. The van der Waals surface area contributed by atoms with Gasteiger partial charge in [-0.25, -0.2) is 4.98 Å². The van der Waals surface area contributed by atoms with Gasteiger partial charge in [0.25, 0.3) is 0 Å². The van der Waals surface area contributed by atoms with Crippen molar-refractivity contribution in [1.82, 2.24) is 19.7 Å². The minimum absolute atomic E-state index is 0.0423. The number of carbonyl (C=O) groups excluding carboxylic acids is 2. The molecule has 1 N–H and O–H groups in total. The Morgan fingerprint density at radius 3 is 2.78 bits per heavy atom. The lowest BCUT2D eigenvalue weighted by molar-refractivity contribution is -0.140. The molecule has 0 bridgehead atoms. The standard InChI is InChI=1S/C24H23N5O2S/c1-28-14-16(13-25-28)22-18(10-11-21(30)29(22)2)23(31)26-17-7-5-6-15(12-17)24-27-19-8-3-4-9-20(19)32-24/h3-9,12-14,18,22H,10-11H2,1-2H3,(H,26,31). The van der Waals surface area contributed by atoms with Crippen molar-refractivity contribution in [3.8, 4) is 10.6 Å². The minimum atomic E-state index is -0.354. The first-order chi connectivity index (χ1) is 15.5. The van der Waals surface area contributed by atoms with Crippen molar-refractivity contribution in [3.05, 3.63) is 66.5 Å². The number of hydrogen-bond donors (Lipinski definition) is 1. The van der Waals surface area contributed by atoms with E-state index in [-0.39, 0.29) is 23.8 Å². The van der Waals surface area contributed by atoms with E-state index >= 15 is 0 Å². The Kier molecular flexibility index (Phi) is 5.22. The molecular weight excluding hydrogens is 422 g/mol. The van der Waals surface area contributed by atoms with Crippen LogP contribution in [0, 0.1) is 5.92 Å². The van der Waals surface area contributed by atoms with Crippen molar-refractivity contribution >= 4 is 39.1 Å². The smallest absolute Gasteiger partial charge is 0.229 e. The SMILES string of the molecule is CN1C(=O)CCC(C(=O)Nc2cccc(-c3nc4ccccc4s3)c2)C1c1cnn(C)c1. The lowest BCUT2D eigenvalue weighted by Crippen LogP contribution is -2.44. The van der Waals surface area contributed by atoms with E-state index in [2.05, 4.69) is 16.5 Å². The summed E-state index contributed by atoms with van der Waals surface area (Å²) < 4.78 is 2.82. The number of aromatic nitrogens is 3. The molecule has 3 heterocycles. The molecule has 7 nitrogen and oxygen atoms in total. The monoisotopic (exact) mass is 445 g/mol. The molecule has 32 heavy (non-hydrogen) atoms. The van der Waals surface area contributed by atoms with E-state index < -0.39 is 0 Å². The Bertz CT molecular complexity index is 1280. The van der Waals surface area contributed by atoms with Crippen LogP contribution in [0.25, 0.3) is 20.8 Å². The molecule has 2 aromatic heterocycles. The lowest BCUT2D eigenvalue weighted by atomic mass is 9.85. The third kappa shape index (κ3) is 3.78. The summed E-state index contributed by atoms with van der Waals surface area (Å²) in [4.78, 5) is 32.0. The van der Waals surface area contributed by atoms with Gasteiger partial charge >= 0.3 is 0 Å². The second-order valence-electron chi connectivity index (χ2n) is 8.10. The Balaban J connectivity index is 1.40. The first-order valence-electron chi connectivity index (χ1n) is 10.5. The number of hydrogen-bond acceptors (Lipinski definition) is 5. The number of anilines is 1. The molecule has 5 rings (SSSR count). The topological polar surface area (TPSA) is 80.1 Å². The highest BCUT2D eigenvalue weighted by atomic mass is 32.1. The average molecular weight is 446 g/mol. The Morgan fingerprint density at radius 1 is 1.16 bits per heavy atom. The second kappa shape index (κ2) is 8.20. The van der Waals surface area contributed by atoms with E-state index in [4.69, 9.17) is 4.98 Å². The van der Waals surface area contributed by atoms with Crippen molar-refractivity contribution in [2.45, 2.75) is 18.9 Å². The number of nitrogens with one attached hydrogen (secondary N) is 1. The van der Waals surface area contributed by atoms with E-state index in [1.54, 1.807) is 34.2 Å². The highest BCUT2D eigenvalue weighted by molar-refractivity contribution is 7.21. The van der Waals surface area contributed by atoms with Gasteiger partial charge in [-0.05, 0) is 30.7 Å². The van der Waals surface area contributed by atoms with Crippen LogP contribution in [0.4, 0.5) is 5.69 Å². The first-order valence-corrected chi connectivity index (χ1v) is 11.3. The van der Waals surface area contributed by atoms with Crippen molar-refractivity contribution in [1.29, 1.82) is 0 Å². The summed E-state index contributed by atoms with van der Waals surface area (Å²) in [6, 6.07) is 15.5. The number of rotatable bonds is 4. The quantitative estimate of drug-likeness (QED) is 0.509. The molecule has 1 fully saturated rings. The number of aryl methyl sites for hydroxylation is 1. The number of benzene rings is 2. The molecule has 1 aliphatic rings. The number of nitrogens with zero attached hydrogens (tertiary/aromatic N) is 4. The molecule has 0 saturated carbocycles. The molecule has 1 aliphatic heterocycles. The summed E-state index contributed by atoms with van der Waals surface area (Å²) in [7, 11) is 3.59. The van der Waals surface area contributed by atoms with Crippen LogP contribution in [-0.4, -0.2) is 38.5 Å². The van der Waals surface area contributed by atoms with Crippen LogP contribution < -0.4 is 5.32 Å². The molecule has 0 aliphatic carbocycles. The van der Waals surface area contributed by atoms with Crippen molar-refractivity contribution in [2.75, 3.05) is 12.4 Å². The van der Waals surface area contributed by atoms with E-state index in [0.29, 0.717) is 12.8 Å². The molecule has 2 unspecified atom stereocenters. The number of piperidine rings is 1. The number of thiazole rings is 1. The molecule has 0 spiro atoms. The van der Waals surface area contributed by atoms with E-state index in [0.717, 1.165) is 32.0 Å². The predicted octanol–water partition coefficient (Wildman–Crippen LogP) is 4.25. The Labute approximate surface area is 189 Å². The van der Waals surface area contributed by atoms with Gasteiger partial charge in [-0.15, -0.1) is 11.3 Å². The fraction of sp³-hybridized carbons (Fsp3) is 0.250. The molecule has 8 heteroatoms. The molecule has 2 amide bonds. The van der Waals surface area contributed by atoms with Gasteiger partial charge < -0.3 is 10.2 Å². The van der Waals surface area contributed by atoms with Crippen LogP contribution in [0.2, 0.25) is 0 Å². The van der Waals surface area contributed by atoms with Gasteiger partial charge in [-0.2, -0.15) is 5.10 Å². The van der Waals surface area contributed by atoms with E-state index in [9.17, 15) is 9.59 Å². The number of carbonyl (C=O) groups is 2. The minimum Gasteiger partial charge on any atom is -0.338 e. The normalized spacial score (nSPS) is 18.8. The number of fused-ring (bicyclic) bond motifs is 1. The zero-order valence-corrected chi connectivity index (χ0v) is 18.7. The fourth-order valence-corrected chi connectivity index (χ4v) is 5.28. The number of likely N-dealkylation sites (tertiary alicyclic amines) is 1. The van der Waals surface area contributed by atoms with E-state index in [1.807, 2.05) is 55.7 Å². The zero-order valence-electron chi connectivity index (χ0n) is 17.9. The molecule has 4 aromatic rings. The van der Waals surface area contributed by atoms with Crippen molar-refractivity contribution in [2.24, 2.45) is 13.0 Å². The van der Waals surface area contributed by atoms with Gasteiger partial charge in [0.1, 0.15) is 5.01 Å². The molecular formula is C24H23N5O2S. The molecule has 0 radical (unpaired) electrons. The lowest BCUT2D eigenvalue weighted by Gasteiger charge is -2.37. The third-order valence-electron chi connectivity index (χ3n) is 5.94. The molecule has 162 valence electrons. The highest BCUT2D eigenvalue weighted by Gasteiger charge is 2.39. The van der Waals surface area contributed by atoms with Gasteiger partial charge in [-0.3, -0.25) is 14.3 Å². The zero-order chi connectivity index (χ0) is 22.2. The summed E-state index contributed by atoms with van der Waals surface area (Å²) >= 11 is 1.63. The maximum atomic E-state index is 13.3.